The van der Waals surface area contributed by atoms with Crippen LogP contribution in [0, 0.1) is 0 Å². The molecule has 4 aliphatic rings. The predicted molar refractivity (Wildman–Crippen MR) is 245 cm³/mol. The normalized spacial score (nSPS) is 15.6. The van der Waals surface area contributed by atoms with Gasteiger partial charge in [0.2, 0.25) is 0 Å². The Morgan fingerprint density at radius 1 is 0.281 bits per heavy atom. The molecule has 334 valence electrons. The molecule has 0 spiro atoms. The fourth-order valence-electron chi connectivity index (χ4n) is 10.2. The molecule has 0 fully saturated rings. The van der Waals surface area contributed by atoms with Gasteiger partial charge in [-0.1, -0.05) is 105 Å². The van der Waals surface area contributed by atoms with Crippen LogP contribution in [0.15, 0.2) is 36.4 Å². The summed E-state index contributed by atoms with van der Waals surface area (Å²) in [7, 11) is 0. The molecule has 0 bridgehead atoms. The van der Waals surface area contributed by atoms with Crippen LogP contribution in [0.4, 0.5) is 0 Å². The van der Waals surface area contributed by atoms with Crippen molar-refractivity contribution in [2.45, 2.75) is 130 Å². The van der Waals surface area contributed by atoms with Crippen LogP contribution in [0.5, 0.6) is 0 Å². The summed E-state index contributed by atoms with van der Waals surface area (Å²) in [5, 5.41) is 0.728. The Labute approximate surface area is 374 Å². The molecule has 0 saturated heterocycles. The molecule has 12 nitrogen and oxygen atoms in total. The van der Waals surface area contributed by atoms with E-state index in [4.69, 9.17) is 0 Å². The van der Waals surface area contributed by atoms with Gasteiger partial charge in [-0.05, 0) is 73.2 Å². The first kappa shape index (κ1) is 44.6. The van der Waals surface area contributed by atoms with Crippen LogP contribution >= 0.6 is 0 Å². The van der Waals surface area contributed by atoms with Gasteiger partial charge in [0.05, 0.1) is 11.1 Å². The highest BCUT2D eigenvalue weighted by Gasteiger charge is 2.45. The van der Waals surface area contributed by atoms with Crippen LogP contribution in [-0.2, 0) is 0 Å². The van der Waals surface area contributed by atoms with Crippen molar-refractivity contribution < 1.29 is 38.4 Å². The zero-order valence-corrected chi connectivity index (χ0v) is 37.7. The van der Waals surface area contributed by atoms with E-state index in [9.17, 15) is 28.8 Å². The number of nitrogens with zero attached hydrogens (tertiary/aromatic N) is 4. The minimum Gasteiger partial charge on any atom is -0.274 e. The zero-order chi connectivity index (χ0) is 45.4. The topological polar surface area (TPSA) is 150 Å². The molecule has 0 unspecified atom stereocenters. The third kappa shape index (κ3) is 7.32. The van der Waals surface area contributed by atoms with Gasteiger partial charge in [0.25, 0.3) is 47.3 Å². The Bertz CT molecular complexity index is 2480. The van der Waals surface area contributed by atoms with Crippen molar-refractivity contribution in [1.82, 2.24) is 19.6 Å². The van der Waals surface area contributed by atoms with Gasteiger partial charge in [-0.15, -0.1) is 0 Å². The van der Waals surface area contributed by atoms with Gasteiger partial charge in [0, 0.05) is 81.1 Å². The van der Waals surface area contributed by atoms with Crippen LogP contribution in [0.3, 0.4) is 0 Å². The third-order valence-corrected chi connectivity index (χ3v) is 13.6. The molecule has 0 atom stereocenters. The Morgan fingerprint density at radius 3 is 0.812 bits per heavy atom. The van der Waals surface area contributed by atoms with Gasteiger partial charge in [-0.3, -0.25) is 58.0 Å². The van der Waals surface area contributed by atoms with Crippen LogP contribution < -0.4 is 0 Å². The summed E-state index contributed by atoms with van der Waals surface area (Å²) in [5.41, 5.74) is 1.26. The lowest BCUT2D eigenvalue weighted by molar-refractivity contribution is 0.0585. The molecule has 8 amide bonds. The number of unbranched alkanes of at least 4 members (excludes halogenated alkanes) is 12. The maximum Gasteiger partial charge on any atom is 0.262 e. The zero-order valence-electron chi connectivity index (χ0n) is 37.7. The molecule has 4 aliphatic heterocycles. The summed E-state index contributed by atoms with van der Waals surface area (Å²) in [6.45, 7) is 8.88. The second-order valence-corrected chi connectivity index (χ2v) is 17.8. The molecule has 12 heteroatoms. The number of rotatable bonds is 21. The third-order valence-electron chi connectivity index (χ3n) is 13.6. The van der Waals surface area contributed by atoms with E-state index >= 15 is 9.59 Å². The minimum atomic E-state index is -0.640. The average Bonchev–Trinajstić information content (AvgIpc) is 3.29. The Kier molecular flexibility index (Phi) is 12.9. The van der Waals surface area contributed by atoms with Crippen molar-refractivity contribution in [1.29, 1.82) is 0 Å². The van der Waals surface area contributed by atoms with Gasteiger partial charge in [0.15, 0.2) is 0 Å². The Hall–Kier alpha value is -6.04. The number of imide groups is 4. The first-order valence-electron chi connectivity index (χ1n) is 23.7. The van der Waals surface area contributed by atoms with E-state index in [0.29, 0.717) is 25.7 Å². The van der Waals surface area contributed by atoms with Crippen LogP contribution in [0.1, 0.15) is 213 Å². The monoisotopic (exact) mass is 866 g/mol. The second-order valence-electron chi connectivity index (χ2n) is 17.8. The molecule has 0 N–H and O–H groups in total. The highest BCUT2D eigenvalue weighted by Crippen LogP contribution is 2.48. The molecule has 0 saturated carbocycles. The second kappa shape index (κ2) is 18.6. The van der Waals surface area contributed by atoms with Gasteiger partial charge in [-0.2, -0.15) is 0 Å². The van der Waals surface area contributed by atoms with E-state index in [1.807, 2.05) is 0 Å². The summed E-state index contributed by atoms with van der Waals surface area (Å²) in [4.78, 5) is 122. The number of benzene rings is 4. The molecule has 64 heavy (non-hydrogen) atoms. The molecule has 8 rings (SSSR count). The summed E-state index contributed by atoms with van der Waals surface area (Å²) in [5.74, 6) is -4.55. The van der Waals surface area contributed by atoms with Gasteiger partial charge in [-0.25, -0.2) is 0 Å². The number of hydrogen-bond donors (Lipinski definition) is 0. The summed E-state index contributed by atoms with van der Waals surface area (Å²) < 4.78 is 0. The maximum atomic E-state index is 15.2. The minimum absolute atomic E-state index is 0.0399. The van der Waals surface area contributed by atoms with Crippen LogP contribution in [0.2, 0.25) is 0 Å². The predicted octanol–water partition coefficient (Wildman–Crippen LogP) is 10.4. The van der Waals surface area contributed by atoms with Crippen LogP contribution in [0.25, 0.3) is 32.7 Å². The van der Waals surface area contributed by atoms with E-state index in [0.717, 1.165) is 77.0 Å². The fraction of sp³-hybridized carbons (Fsp3) is 0.462. The van der Waals surface area contributed by atoms with E-state index in [1.165, 1.54) is 19.6 Å². The number of carbonyl (C=O) groups excluding carboxylic acids is 8. The van der Waals surface area contributed by atoms with E-state index < -0.39 is 47.3 Å². The number of carbonyl (C=O) groups is 8. The fourth-order valence-corrected chi connectivity index (χ4v) is 10.2. The highest BCUT2D eigenvalue weighted by molar-refractivity contribution is 6.38. The SMILES string of the molecule is CCCCCCN1C(=O)c2ccc3c4c(c(-c5cc6c7c(ccc8c7c5C(=O)N(CCCCCC)C8=O)C(=O)N(CCCCCC)C6=O)cc(c24)C1=O)C(=O)N(CCCCCC)C3=O. The van der Waals surface area contributed by atoms with Crippen molar-refractivity contribution in [3.05, 3.63) is 80.9 Å². The Balaban J connectivity index is 1.42. The highest BCUT2D eigenvalue weighted by atomic mass is 16.2. The van der Waals surface area contributed by atoms with Gasteiger partial charge in [0.1, 0.15) is 0 Å². The van der Waals surface area contributed by atoms with Gasteiger partial charge < -0.3 is 0 Å². The molecule has 0 aromatic heterocycles. The largest absolute Gasteiger partial charge is 0.274 e. The first-order valence-corrected chi connectivity index (χ1v) is 23.7. The molecular weight excluding hydrogens is 809 g/mol. The number of amides is 8. The van der Waals surface area contributed by atoms with Crippen molar-refractivity contribution >= 4 is 68.8 Å². The van der Waals surface area contributed by atoms with Crippen LogP contribution in [-0.4, -0.2) is 93.0 Å². The van der Waals surface area contributed by atoms with E-state index in [1.54, 1.807) is 36.4 Å². The number of hydrogen-bond acceptors (Lipinski definition) is 8. The molecular formula is C52H58N4O8. The van der Waals surface area contributed by atoms with Crippen molar-refractivity contribution in [2.75, 3.05) is 26.2 Å². The van der Waals surface area contributed by atoms with Crippen molar-refractivity contribution in [3.8, 4) is 11.1 Å². The smallest absolute Gasteiger partial charge is 0.262 e. The lowest BCUT2D eigenvalue weighted by atomic mass is 9.77. The van der Waals surface area contributed by atoms with Gasteiger partial charge >= 0.3 is 0 Å². The quantitative estimate of drug-likeness (QED) is 0.0593. The van der Waals surface area contributed by atoms with Crippen molar-refractivity contribution in [3.63, 3.8) is 0 Å². The first-order chi connectivity index (χ1) is 31.0. The molecule has 4 aromatic rings. The lowest BCUT2D eigenvalue weighted by Crippen LogP contribution is -2.45. The molecule has 0 radical (unpaired) electrons. The van der Waals surface area contributed by atoms with E-state index in [-0.39, 0.29) is 103 Å². The summed E-state index contributed by atoms with van der Waals surface area (Å²) in [6, 6.07) is 9.33. The standard InChI is InChI=1S/C52H58N4O8/c1-5-9-13-17-25-53-45(57)31-21-23-33-41-39(31)37(49(53)61)29-35(43(41)51(63)55(47(33)59)27-19-15-11-7-3)36-30-38-40-32(46(58)54(50(38)62)26-18-14-10-6-2)22-24-34-42(40)44(36)52(64)56(48(34)60)28-20-16-12-8-4/h21-24,29-30H,5-20,25-28H2,1-4H3. The molecule has 4 aromatic carbocycles. The average molecular weight is 867 g/mol. The summed E-state index contributed by atoms with van der Waals surface area (Å²) in [6.07, 6.45) is 13.0. The van der Waals surface area contributed by atoms with E-state index in [2.05, 4.69) is 27.7 Å². The lowest BCUT2D eigenvalue weighted by Gasteiger charge is -2.35. The van der Waals surface area contributed by atoms with Crippen molar-refractivity contribution in [2.24, 2.45) is 0 Å². The Morgan fingerprint density at radius 2 is 0.531 bits per heavy atom. The maximum absolute atomic E-state index is 15.2. The molecule has 0 aliphatic carbocycles. The molecule has 4 heterocycles. The summed E-state index contributed by atoms with van der Waals surface area (Å²) >= 11 is 0.